The molecule has 6 rings (SSSR count). The van der Waals surface area contributed by atoms with Gasteiger partial charge in [-0.15, -0.1) is 0 Å². The first-order valence-corrected chi connectivity index (χ1v) is 11.0. The number of nitrogens with zero attached hydrogens (tertiary/aromatic N) is 6. The largest absolute Gasteiger partial charge is 0.423 e. The van der Waals surface area contributed by atoms with Gasteiger partial charge < -0.3 is 14.2 Å². The number of hydrogen-bond acceptors (Lipinski definition) is 6. The lowest BCUT2D eigenvalue weighted by Crippen LogP contribution is -2.34. The molecule has 0 spiro atoms. The first kappa shape index (κ1) is 19.3. The van der Waals surface area contributed by atoms with E-state index in [4.69, 9.17) is 16.0 Å². The van der Waals surface area contributed by atoms with Crippen LogP contribution in [0.5, 0.6) is 0 Å². The van der Waals surface area contributed by atoms with E-state index in [2.05, 4.69) is 20.1 Å². The zero-order valence-electron chi connectivity index (χ0n) is 17.5. The number of carbonyl (C=O) groups excluding carboxylic acids is 1. The SMILES string of the molecule is Cc1ccc(-n2nccn2)c(C(=O)N2CC3CN(c4nc5cc(Cl)ccc5o4)CC3C2)c1. The Morgan fingerprint density at radius 3 is 2.53 bits per heavy atom. The van der Waals surface area contributed by atoms with E-state index >= 15 is 0 Å². The molecule has 0 saturated carbocycles. The number of aryl methyl sites for hydroxylation is 1. The van der Waals surface area contributed by atoms with Crippen molar-refractivity contribution in [3.05, 3.63) is 64.9 Å². The predicted octanol–water partition coefficient (Wildman–Crippen LogP) is 3.58. The van der Waals surface area contributed by atoms with Gasteiger partial charge in [0.15, 0.2) is 5.58 Å². The standard InChI is InChI=1S/C23H21ClN6O2/c1-14-2-4-20(30-25-6-7-26-30)18(8-14)22(31)28-10-15-12-29(13-16(15)11-28)23-27-19-9-17(24)3-5-21(19)32-23/h2-9,15-16H,10-13H2,1H3. The van der Waals surface area contributed by atoms with Crippen LogP contribution in [-0.4, -0.2) is 57.0 Å². The van der Waals surface area contributed by atoms with E-state index in [1.165, 1.54) is 4.80 Å². The number of rotatable bonds is 3. The fourth-order valence-electron chi connectivity index (χ4n) is 4.84. The average Bonchev–Trinajstić information content (AvgIpc) is 3.54. The normalized spacial score (nSPS) is 20.3. The molecule has 0 aliphatic carbocycles. The van der Waals surface area contributed by atoms with E-state index in [-0.39, 0.29) is 5.91 Å². The van der Waals surface area contributed by atoms with Gasteiger partial charge in [-0.3, -0.25) is 4.79 Å². The van der Waals surface area contributed by atoms with E-state index in [0.29, 0.717) is 47.2 Å². The number of likely N-dealkylation sites (tertiary alicyclic amines) is 1. The second kappa shape index (κ2) is 7.34. The number of anilines is 1. The Hall–Kier alpha value is -3.39. The highest BCUT2D eigenvalue weighted by Crippen LogP contribution is 2.36. The van der Waals surface area contributed by atoms with Crippen LogP contribution >= 0.6 is 11.6 Å². The van der Waals surface area contributed by atoms with Crippen molar-refractivity contribution < 1.29 is 9.21 Å². The van der Waals surface area contributed by atoms with Crippen molar-refractivity contribution in [2.75, 3.05) is 31.1 Å². The summed E-state index contributed by atoms with van der Waals surface area (Å²) >= 11 is 6.07. The number of oxazole rings is 1. The maximum atomic E-state index is 13.4. The molecule has 32 heavy (non-hydrogen) atoms. The van der Waals surface area contributed by atoms with Gasteiger partial charge in [0.1, 0.15) is 5.52 Å². The minimum Gasteiger partial charge on any atom is -0.423 e. The Morgan fingerprint density at radius 2 is 1.78 bits per heavy atom. The zero-order valence-corrected chi connectivity index (χ0v) is 18.2. The van der Waals surface area contributed by atoms with Crippen LogP contribution in [0.4, 0.5) is 6.01 Å². The average molecular weight is 449 g/mol. The zero-order chi connectivity index (χ0) is 21.8. The molecule has 2 aromatic carbocycles. The maximum Gasteiger partial charge on any atom is 0.298 e. The van der Waals surface area contributed by atoms with Crippen molar-refractivity contribution >= 4 is 34.6 Å². The van der Waals surface area contributed by atoms with E-state index in [1.54, 1.807) is 18.5 Å². The number of carbonyl (C=O) groups is 1. The third-order valence-corrected chi connectivity index (χ3v) is 6.63. The molecule has 2 unspecified atom stereocenters. The fourth-order valence-corrected chi connectivity index (χ4v) is 5.01. The van der Waals surface area contributed by atoms with Crippen molar-refractivity contribution in [3.63, 3.8) is 0 Å². The second-order valence-corrected chi connectivity index (χ2v) is 9.02. The molecule has 4 heterocycles. The minimum absolute atomic E-state index is 0.0263. The van der Waals surface area contributed by atoms with Gasteiger partial charge in [0.25, 0.3) is 11.9 Å². The molecular weight excluding hydrogens is 428 g/mol. The topological polar surface area (TPSA) is 80.3 Å². The van der Waals surface area contributed by atoms with E-state index in [1.807, 2.05) is 42.2 Å². The van der Waals surface area contributed by atoms with Gasteiger partial charge in [-0.05, 0) is 37.3 Å². The van der Waals surface area contributed by atoms with Gasteiger partial charge in [0.05, 0.1) is 23.6 Å². The van der Waals surface area contributed by atoms with Crippen molar-refractivity contribution in [2.45, 2.75) is 6.92 Å². The highest BCUT2D eigenvalue weighted by molar-refractivity contribution is 6.31. The summed E-state index contributed by atoms with van der Waals surface area (Å²) in [5.74, 6) is 0.792. The lowest BCUT2D eigenvalue weighted by atomic mass is 10.0. The number of fused-ring (bicyclic) bond motifs is 2. The van der Waals surface area contributed by atoms with Gasteiger partial charge in [-0.1, -0.05) is 23.2 Å². The highest BCUT2D eigenvalue weighted by Gasteiger charge is 2.43. The molecule has 2 saturated heterocycles. The summed E-state index contributed by atoms with van der Waals surface area (Å²) < 4.78 is 5.95. The Bertz CT molecular complexity index is 1300. The van der Waals surface area contributed by atoms with Crippen LogP contribution < -0.4 is 4.90 Å². The summed E-state index contributed by atoms with van der Waals surface area (Å²) in [4.78, 5) is 23.7. The third-order valence-electron chi connectivity index (χ3n) is 6.40. The van der Waals surface area contributed by atoms with Crippen LogP contribution in [0.2, 0.25) is 5.02 Å². The summed E-state index contributed by atoms with van der Waals surface area (Å²) in [6.07, 6.45) is 3.23. The van der Waals surface area contributed by atoms with E-state index in [9.17, 15) is 4.79 Å². The first-order chi connectivity index (χ1) is 15.5. The molecule has 2 aliphatic rings. The lowest BCUT2D eigenvalue weighted by molar-refractivity contribution is 0.0782. The van der Waals surface area contributed by atoms with Crippen LogP contribution in [0, 0.1) is 18.8 Å². The van der Waals surface area contributed by atoms with Crippen LogP contribution in [0.1, 0.15) is 15.9 Å². The van der Waals surface area contributed by atoms with Gasteiger partial charge in [-0.25, -0.2) is 0 Å². The Kier molecular flexibility index (Phi) is 4.43. The van der Waals surface area contributed by atoms with Gasteiger partial charge in [-0.2, -0.15) is 20.0 Å². The number of amides is 1. The Balaban J connectivity index is 1.20. The lowest BCUT2D eigenvalue weighted by Gasteiger charge is -2.22. The number of benzene rings is 2. The molecule has 0 bridgehead atoms. The molecule has 2 aliphatic heterocycles. The van der Waals surface area contributed by atoms with Gasteiger partial charge in [0, 0.05) is 43.0 Å². The summed E-state index contributed by atoms with van der Waals surface area (Å²) in [5.41, 5.74) is 3.87. The summed E-state index contributed by atoms with van der Waals surface area (Å²) in [5, 5.41) is 9.07. The van der Waals surface area contributed by atoms with Crippen LogP contribution in [0.25, 0.3) is 16.8 Å². The van der Waals surface area contributed by atoms with Gasteiger partial charge in [0.2, 0.25) is 0 Å². The molecule has 9 heteroatoms. The molecule has 0 N–H and O–H groups in total. The van der Waals surface area contributed by atoms with Crippen LogP contribution in [0.15, 0.2) is 53.2 Å². The number of hydrogen-bond donors (Lipinski definition) is 0. The summed E-state index contributed by atoms with van der Waals surface area (Å²) in [7, 11) is 0. The summed E-state index contributed by atoms with van der Waals surface area (Å²) in [6, 6.07) is 11.9. The molecule has 8 nitrogen and oxygen atoms in total. The van der Waals surface area contributed by atoms with Gasteiger partial charge >= 0.3 is 0 Å². The predicted molar refractivity (Wildman–Crippen MR) is 120 cm³/mol. The summed E-state index contributed by atoms with van der Waals surface area (Å²) in [6.45, 7) is 5.05. The van der Waals surface area contributed by atoms with Crippen LogP contribution in [-0.2, 0) is 0 Å². The van der Waals surface area contributed by atoms with Crippen molar-refractivity contribution in [1.82, 2.24) is 24.9 Å². The molecular formula is C23H21ClN6O2. The van der Waals surface area contributed by atoms with Crippen molar-refractivity contribution in [3.8, 4) is 5.69 Å². The monoisotopic (exact) mass is 448 g/mol. The Labute approximate surface area is 189 Å². The number of halogens is 1. The molecule has 2 fully saturated rings. The second-order valence-electron chi connectivity index (χ2n) is 8.58. The smallest absolute Gasteiger partial charge is 0.298 e. The minimum atomic E-state index is 0.0263. The quantitative estimate of drug-likeness (QED) is 0.476. The van der Waals surface area contributed by atoms with E-state index < -0.39 is 0 Å². The molecule has 1 amide bonds. The molecule has 0 radical (unpaired) electrons. The first-order valence-electron chi connectivity index (χ1n) is 10.6. The van der Waals surface area contributed by atoms with Crippen LogP contribution in [0.3, 0.4) is 0 Å². The fraction of sp³-hybridized carbons (Fsp3) is 0.304. The molecule has 2 atom stereocenters. The van der Waals surface area contributed by atoms with Crippen molar-refractivity contribution in [2.24, 2.45) is 11.8 Å². The molecule has 4 aromatic rings. The molecule has 162 valence electrons. The van der Waals surface area contributed by atoms with E-state index in [0.717, 1.165) is 29.8 Å². The highest BCUT2D eigenvalue weighted by atomic mass is 35.5. The van der Waals surface area contributed by atoms with Crippen molar-refractivity contribution in [1.29, 1.82) is 0 Å². The maximum absolute atomic E-state index is 13.4. The molecule has 2 aromatic heterocycles. The Morgan fingerprint density at radius 1 is 1.03 bits per heavy atom. The third kappa shape index (κ3) is 3.22. The number of aromatic nitrogens is 4.